The lowest BCUT2D eigenvalue weighted by molar-refractivity contribution is -0.144. The van der Waals surface area contributed by atoms with Crippen LogP contribution in [0.15, 0.2) is 18.2 Å². The number of carbonyl (C=O) groups is 1. The van der Waals surface area contributed by atoms with Crippen molar-refractivity contribution >= 4 is 5.97 Å². The van der Waals surface area contributed by atoms with E-state index >= 15 is 0 Å². The van der Waals surface area contributed by atoms with Crippen molar-refractivity contribution in [3.63, 3.8) is 0 Å². The molecule has 5 heteroatoms. The summed E-state index contributed by atoms with van der Waals surface area (Å²) >= 11 is 0. The zero-order valence-electron chi connectivity index (χ0n) is 11.2. The molecule has 104 valence electrons. The first-order valence-electron chi connectivity index (χ1n) is 6.31. The Kier molecular flexibility index (Phi) is 4.63. The lowest BCUT2D eigenvalue weighted by Crippen LogP contribution is -2.14. The van der Waals surface area contributed by atoms with Gasteiger partial charge in [-0.05, 0) is 31.5 Å². The van der Waals surface area contributed by atoms with Crippen molar-refractivity contribution in [1.29, 1.82) is 0 Å². The Morgan fingerprint density at radius 2 is 2.05 bits per heavy atom. The van der Waals surface area contributed by atoms with Crippen LogP contribution in [-0.4, -0.2) is 32.1 Å². The standard InChI is InChI=1S/C14H18O5/c1-10(2)16-5-6-17-14(15)8-11-3-4-12-13(7-11)19-9-18-12/h3-4,7,10H,5-6,8-9H2,1-2H3. The quantitative estimate of drug-likeness (QED) is 0.581. The second-order valence-corrected chi connectivity index (χ2v) is 4.50. The summed E-state index contributed by atoms with van der Waals surface area (Å²) in [5.74, 6) is 1.11. The van der Waals surface area contributed by atoms with Gasteiger partial charge in [-0.2, -0.15) is 0 Å². The van der Waals surface area contributed by atoms with Crippen molar-refractivity contribution in [2.45, 2.75) is 26.4 Å². The van der Waals surface area contributed by atoms with Crippen LogP contribution in [0.1, 0.15) is 19.4 Å². The summed E-state index contributed by atoms with van der Waals surface area (Å²) in [7, 11) is 0. The summed E-state index contributed by atoms with van der Waals surface area (Å²) < 4.78 is 20.8. The van der Waals surface area contributed by atoms with Gasteiger partial charge in [0, 0.05) is 0 Å². The zero-order chi connectivity index (χ0) is 13.7. The normalized spacial score (nSPS) is 12.8. The number of hydrogen-bond donors (Lipinski definition) is 0. The Balaban J connectivity index is 1.76. The van der Waals surface area contributed by atoms with Crippen LogP contribution in [0.4, 0.5) is 0 Å². The average molecular weight is 266 g/mol. The minimum absolute atomic E-state index is 0.146. The molecule has 5 nitrogen and oxygen atoms in total. The molecule has 0 amide bonds. The molecule has 1 aromatic rings. The van der Waals surface area contributed by atoms with Gasteiger partial charge in [-0.3, -0.25) is 4.79 Å². The Morgan fingerprint density at radius 1 is 1.26 bits per heavy atom. The first-order valence-corrected chi connectivity index (χ1v) is 6.31. The van der Waals surface area contributed by atoms with Gasteiger partial charge in [-0.15, -0.1) is 0 Å². The van der Waals surface area contributed by atoms with E-state index in [0.29, 0.717) is 18.1 Å². The van der Waals surface area contributed by atoms with Crippen LogP contribution in [0.2, 0.25) is 0 Å². The van der Waals surface area contributed by atoms with Crippen molar-refractivity contribution in [1.82, 2.24) is 0 Å². The summed E-state index contributed by atoms with van der Waals surface area (Å²) in [6.07, 6.45) is 0.366. The lowest BCUT2D eigenvalue weighted by atomic mass is 10.1. The maximum Gasteiger partial charge on any atom is 0.310 e. The van der Waals surface area contributed by atoms with E-state index in [1.54, 1.807) is 12.1 Å². The number of carbonyl (C=O) groups excluding carboxylic acids is 1. The van der Waals surface area contributed by atoms with Gasteiger partial charge in [-0.25, -0.2) is 0 Å². The van der Waals surface area contributed by atoms with E-state index < -0.39 is 0 Å². The number of hydrogen-bond acceptors (Lipinski definition) is 5. The molecule has 0 aromatic heterocycles. The van der Waals surface area contributed by atoms with Gasteiger partial charge in [0.15, 0.2) is 11.5 Å². The SMILES string of the molecule is CC(C)OCCOC(=O)Cc1ccc2c(c1)OCO2. The minimum Gasteiger partial charge on any atom is -0.463 e. The molecule has 1 aliphatic rings. The van der Waals surface area contributed by atoms with E-state index in [1.165, 1.54) is 0 Å². The van der Waals surface area contributed by atoms with Crippen LogP contribution in [0.3, 0.4) is 0 Å². The molecule has 0 unspecified atom stereocenters. The molecule has 0 saturated heterocycles. The first kappa shape index (κ1) is 13.7. The molecule has 1 aromatic carbocycles. The maximum absolute atomic E-state index is 11.6. The fraction of sp³-hybridized carbons (Fsp3) is 0.500. The third kappa shape index (κ3) is 4.13. The van der Waals surface area contributed by atoms with E-state index in [0.717, 1.165) is 5.56 Å². The summed E-state index contributed by atoms with van der Waals surface area (Å²) in [6, 6.07) is 5.43. The second-order valence-electron chi connectivity index (χ2n) is 4.50. The van der Waals surface area contributed by atoms with Crippen molar-refractivity contribution in [3.8, 4) is 11.5 Å². The molecule has 1 aliphatic heterocycles. The zero-order valence-corrected chi connectivity index (χ0v) is 11.2. The van der Waals surface area contributed by atoms with Gasteiger partial charge >= 0.3 is 5.97 Å². The first-order chi connectivity index (χ1) is 9.15. The van der Waals surface area contributed by atoms with Crippen LogP contribution in [0.25, 0.3) is 0 Å². The predicted molar refractivity (Wildman–Crippen MR) is 68.3 cm³/mol. The molecule has 0 radical (unpaired) electrons. The summed E-state index contributed by atoms with van der Waals surface area (Å²) in [5, 5.41) is 0. The Morgan fingerprint density at radius 3 is 2.84 bits per heavy atom. The van der Waals surface area contributed by atoms with E-state index in [-0.39, 0.29) is 31.9 Å². The Labute approximate surface area is 112 Å². The van der Waals surface area contributed by atoms with E-state index in [2.05, 4.69) is 0 Å². The number of rotatable bonds is 6. The van der Waals surface area contributed by atoms with Gasteiger partial charge in [0.2, 0.25) is 6.79 Å². The van der Waals surface area contributed by atoms with Crippen molar-refractivity contribution in [2.24, 2.45) is 0 Å². The van der Waals surface area contributed by atoms with E-state index in [9.17, 15) is 4.79 Å². The fourth-order valence-electron chi connectivity index (χ4n) is 1.71. The monoisotopic (exact) mass is 266 g/mol. The molecule has 1 heterocycles. The fourth-order valence-corrected chi connectivity index (χ4v) is 1.71. The van der Waals surface area contributed by atoms with Crippen LogP contribution in [0, 0.1) is 0 Å². The third-order valence-corrected chi connectivity index (χ3v) is 2.58. The lowest BCUT2D eigenvalue weighted by Gasteiger charge is -2.08. The molecular weight excluding hydrogens is 248 g/mol. The molecule has 0 N–H and O–H groups in total. The van der Waals surface area contributed by atoms with Crippen LogP contribution in [-0.2, 0) is 20.7 Å². The van der Waals surface area contributed by atoms with Gasteiger partial charge in [0.25, 0.3) is 0 Å². The summed E-state index contributed by atoms with van der Waals surface area (Å²) in [6.45, 7) is 4.81. The molecular formula is C14H18O5. The number of ether oxygens (including phenoxy) is 4. The Hall–Kier alpha value is -1.75. The highest BCUT2D eigenvalue weighted by molar-refractivity contribution is 5.73. The van der Waals surface area contributed by atoms with Crippen molar-refractivity contribution < 1.29 is 23.7 Å². The largest absolute Gasteiger partial charge is 0.463 e. The molecule has 0 aliphatic carbocycles. The van der Waals surface area contributed by atoms with Crippen molar-refractivity contribution in [2.75, 3.05) is 20.0 Å². The van der Waals surface area contributed by atoms with Crippen LogP contribution in [0.5, 0.6) is 11.5 Å². The van der Waals surface area contributed by atoms with Gasteiger partial charge < -0.3 is 18.9 Å². The topological polar surface area (TPSA) is 54.0 Å². The second kappa shape index (κ2) is 6.43. The third-order valence-electron chi connectivity index (χ3n) is 2.58. The van der Waals surface area contributed by atoms with Crippen LogP contribution < -0.4 is 9.47 Å². The highest BCUT2D eigenvalue weighted by atomic mass is 16.7. The molecule has 0 fully saturated rings. The molecule has 0 saturated carbocycles. The molecule has 2 rings (SSSR count). The molecule has 0 bridgehead atoms. The number of esters is 1. The molecule has 19 heavy (non-hydrogen) atoms. The van der Waals surface area contributed by atoms with Gasteiger partial charge in [0.05, 0.1) is 19.1 Å². The molecule has 0 spiro atoms. The smallest absolute Gasteiger partial charge is 0.310 e. The Bertz CT molecular complexity index is 441. The van der Waals surface area contributed by atoms with Crippen LogP contribution >= 0.6 is 0 Å². The number of fused-ring (bicyclic) bond motifs is 1. The molecule has 0 atom stereocenters. The van der Waals surface area contributed by atoms with Gasteiger partial charge in [0.1, 0.15) is 6.61 Å². The highest BCUT2D eigenvalue weighted by Gasteiger charge is 2.14. The van der Waals surface area contributed by atoms with Gasteiger partial charge in [-0.1, -0.05) is 6.07 Å². The maximum atomic E-state index is 11.6. The van der Waals surface area contributed by atoms with E-state index in [4.69, 9.17) is 18.9 Å². The van der Waals surface area contributed by atoms with E-state index in [1.807, 2.05) is 19.9 Å². The summed E-state index contributed by atoms with van der Waals surface area (Å²) in [5.41, 5.74) is 0.846. The average Bonchev–Trinajstić information content (AvgIpc) is 2.82. The van der Waals surface area contributed by atoms with Crippen molar-refractivity contribution in [3.05, 3.63) is 23.8 Å². The highest BCUT2D eigenvalue weighted by Crippen LogP contribution is 2.32. The predicted octanol–water partition coefficient (Wildman–Crippen LogP) is 1.93. The minimum atomic E-state index is -0.272. The number of benzene rings is 1. The summed E-state index contributed by atoms with van der Waals surface area (Å²) in [4.78, 5) is 11.6.